The molecule has 1 rings (SSSR count). The van der Waals surface area contributed by atoms with Crippen LogP contribution in [0.15, 0.2) is 10.6 Å². The van der Waals surface area contributed by atoms with Crippen molar-refractivity contribution in [2.24, 2.45) is 0 Å². The molecule has 1 N–H and O–H groups in total. The smallest absolute Gasteiger partial charge is 0.326 e. The molecular formula is C14H22N2O4. The van der Waals surface area contributed by atoms with Crippen LogP contribution in [0.5, 0.6) is 0 Å². The van der Waals surface area contributed by atoms with Gasteiger partial charge in [0, 0.05) is 25.3 Å². The summed E-state index contributed by atoms with van der Waals surface area (Å²) in [6.07, 6.45) is 2.22. The molecule has 0 saturated carbocycles. The summed E-state index contributed by atoms with van der Waals surface area (Å²) < 4.78 is 5.59. The van der Waals surface area contributed by atoms with Crippen LogP contribution in [0.3, 0.4) is 0 Å². The molecule has 0 bridgehead atoms. The SMILES string of the molecule is CC(C(=O)O)N(C)C(=O)CCc1ncc(C(C)(C)C)o1. The topological polar surface area (TPSA) is 83.6 Å². The molecule has 20 heavy (non-hydrogen) atoms. The standard InChI is InChI=1S/C14H22N2O4/c1-9(13(18)19)16(5)12(17)7-6-11-15-8-10(20-11)14(2,3)4/h8-9H,6-7H2,1-5H3,(H,18,19). The Labute approximate surface area is 118 Å². The van der Waals surface area contributed by atoms with Crippen LogP contribution < -0.4 is 0 Å². The number of aromatic nitrogens is 1. The van der Waals surface area contributed by atoms with Gasteiger partial charge in [-0.05, 0) is 6.92 Å². The van der Waals surface area contributed by atoms with Crippen LogP contribution in [-0.2, 0) is 21.4 Å². The fraction of sp³-hybridized carbons (Fsp3) is 0.643. The quantitative estimate of drug-likeness (QED) is 0.890. The second-order valence-corrected chi connectivity index (χ2v) is 5.89. The molecule has 112 valence electrons. The van der Waals surface area contributed by atoms with Crippen LogP contribution in [0.1, 0.15) is 45.8 Å². The highest BCUT2D eigenvalue weighted by molar-refractivity contribution is 5.83. The maximum atomic E-state index is 11.9. The lowest BCUT2D eigenvalue weighted by molar-refractivity contribution is -0.148. The number of carbonyl (C=O) groups excluding carboxylic acids is 1. The van der Waals surface area contributed by atoms with Gasteiger partial charge in [-0.15, -0.1) is 0 Å². The van der Waals surface area contributed by atoms with E-state index in [2.05, 4.69) is 4.98 Å². The first-order valence-corrected chi connectivity index (χ1v) is 6.56. The number of aliphatic carboxylic acids is 1. The summed E-state index contributed by atoms with van der Waals surface area (Å²) in [5.41, 5.74) is -0.121. The molecule has 0 aliphatic rings. The predicted molar refractivity (Wildman–Crippen MR) is 73.4 cm³/mol. The maximum absolute atomic E-state index is 11.9. The van der Waals surface area contributed by atoms with Crippen molar-refractivity contribution in [3.8, 4) is 0 Å². The van der Waals surface area contributed by atoms with E-state index in [0.717, 1.165) is 5.76 Å². The summed E-state index contributed by atoms with van der Waals surface area (Å²) in [4.78, 5) is 28.0. The van der Waals surface area contributed by atoms with E-state index in [-0.39, 0.29) is 17.7 Å². The van der Waals surface area contributed by atoms with Crippen molar-refractivity contribution >= 4 is 11.9 Å². The average molecular weight is 282 g/mol. The molecule has 1 aromatic heterocycles. The number of oxazole rings is 1. The molecule has 1 atom stereocenters. The molecule has 0 fully saturated rings. The Morgan fingerprint density at radius 1 is 1.45 bits per heavy atom. The molecule has 0 aromatic carbocycles. The number of likely N-dealkylation sites (N-methyl/N-ethyl adjacent to an activating group) is 1. The van der Waals surface area contributed by atoms with Crippen LogP contribution in [0.4, 0.5) is 0 Å². The Morgan fingerprint density at radius 2 is 2.05 bits per heavy atom. The van der Waals surface area contributed by atoms with Gasteiger partial charge in [-0.3, -0.25) is 4.79 Å². The van der Waals surface area contributed by atoms with E-state index >= 15 is 0 Å². The van der Waals surface area contributed by atoms with Crippen LogP contribution in [-0.4, -0.2) is 40.0 Å². The highest BCUT2D eigenvalue weighted by Gasteiger charge is 2.23. The van der Waals surface area contributed by atoms with Crippen molar-refractivity contribution in [1.82, 2.24) is 9.88 Å². The Hall–Kier alpha value is -1.85. The van der Waals surface area contributed by atoms with E-state index in [1.165, 1.54) is 18.9 Å². The van der Waals surface area contributed by atoms with Gasteiger partial charge in [0.2, 0.25) is 5.91 Å². The fourth-order valence-corrected chi connectivity index (χ4v) is 1.54. The molecule has 0 aliphatic carbocycles. The van der Waals surface area contributed by atoms with E-state index in [1.54, 1.807) is 6.20 Å². The number of carbonyl (C=O) groups is 2. The number of rotatable bonds is 5. The summed E-state index contributed by atoms with van der Waals surface area (Å²) in [5.74, 6) is 0.00858. The van der Waals surface area contributed by atoms with Crippen molar-refractivity contribution in [1.29, 1.82) is 0 Å². The number of amides is 1. The monoisotopic (exact) mass is 282 g/mol. The molecule has 0 spiro atoms. The van der Waals surface area contributed by atoms with E-state index in [9.17, 15) is 9.59 Å². The number of carboxylic acids is 1. The number of hydrogen-bond donors (Lipinski definition) is 1. The zero-order valence-electron chi connectivity index (χ0n) is 12.6. The fourth-order valence-electron chi connectivity index (χ4n) is 1.54. The first-order valence-electron chi connectivity index (χ1n) is 6.56. The van der Waals surface area contributed by atoms with Gasteiger partial charge in [0.1, 0.15) is 11.8 Å². The molecule has 1 unspecified atom stereocenters. The number of hydrogen-bond acceptors (Lipinski definition) is 4. The van der Waals surface area contributed by atoms with Gasteiger partial charge in [0.25, 0.3) is 0 Å². The van der Waals surface area contributed by atoms with Gasteiger partial charge in [0.05, 0.1) is 6.20 Å². The van der Waals surface area contributed by atoms with Gasteiger partial charge < -0.3 is 14.4 Å². The Kier molecular flexibility index (Phi) is 4.92. The summed E-state index contributed by atoms with van der Waals surface area (Å²) in [7, 11) is 1.48. The third kappa shape index (κ3) is 4.08. The molecule has 6 heteroatoms. The third-order valence-corrected chi connectivity index (χ3v) is 3.18. The lowest BCUT2D eigenvalue weighted by Crippen LogP contribution is -2.40. The Balaban J connectivity index is 2.57. The second kappa shape index (κ2) is 6.07. The third-order valence-electron chi connectivity index (χ3n) is 3.18. The van der Waals surface area contributed by atoms with E-state index in [0.29, 0.717) is 12.3 Å². The molecule has 1 amide bonds. The molecule has 0 saturated heterocycles. The van der Waals surface area contributed by atoms with Gasteiger partial charge in [-0.1, -0.05) is 20.8 Å². The van der Waals surface area contributed by atoms with Crippen molar-refractivity contribution in [3.63, 3.8) is 0 Å². The lowest BCUT2D eigenvalue weighted by Gasteiger charge is -2.21. The van der Waals surface area contributed by atoms with Gasteiger partial charge in [-0.25, -0.2) is 9.78 Å². The minimum Gasteiger partial charge on any atom is -0.480 e. The number of carboxylic acid groups (broad SMARTS) is 1. The Morgan fingerprint density at radius 3 is 2.50 bits per heavy atom. The van der Waals surface area contributed by atoms with Crippen LogP contribution in [0, 0.1) is 0 Å². The van der Waals surface area contributed by atoms with Gasteiger partial charge >= 0.3 is 5.97 Å². The molecule has 1 heterocycles. The van der Waals surface area contributed by atoms with Crippen molar-refractivity contribution in [2.45, 2.75) is 52.0 Å². The van der Waals surface area contributed by atoms with Gasteiger partial charge in [0.15, 0.2) is 5.89 Å². The zero-order chi connectivity index (χ0) is 15.5. The summed E-state index contributed by atoms with van der Waals surface area (Å²) >= 11 is 0. The van der Waals surface area contributed by atoms with Crippen molar-refractivity contribution in [2.75, 3.05) is 7.05 Å². The minimum atomic E-state index is -1.02. The molecular weight excluding hydrogens is 260 g/mol. The summed E-state index contributed by atoms with van der Waals surface area (Å²) in [5, 5.41) is 8.85. The average Bonchev–Trinajstić information content (AvgIpc) is 2.82. The van der Waals surface area contributed by atoms with E-state index in [4.69, 9.17) is 9.52 Å². The van der Waals surface area contributed by atoms with E-state index in [1.807, 2.05) is 20.8 Å². The number of nitrogens with zero attached hydrogens (tertiary/aromatic N) is 2. The van der Waals surface area contributed by atoms with E-state index < -0.39 is 12.0 Å². The normalized spacial score (nSPS) is 13.1. The van der Waals surface area contributed by atoms with Crippen LogP contribution in [0.2, 0.25) is 0 Å². The molecule has 0 radical (unpaired) electrons. The predicted octanol–water partition coefficient (Wildman–Crippen LogP) is 1.84. The van der Waals surface area contributed by atoms with Crippen LogP contribution in [0.25, 0.3) is 0 Å². The lowest BCUT2D eigenvalue weighted by atomic mass is 9.94. The van der Waals surface area contributed by atoms with Crippen LogP contribution >= 0.6 is 0 Å². The first-order chi connectivity index (χ1) is 9.12. The molecule has 1 aromatic rings. The summed E-state index contributed by atoms with van der Waals surface area (Å²) in [6, 6.07) is -0.836. The zero-order valence-corrected chi connectivity index (χ0v) is 12.6. The molecule has 0 aliphatic heterocycles. The largest absolute Gasteiger partial charge is 0.480 e. The molecule has 6 nitrogen and oxygen atoms in total. The highest BCUT2D eigenvalue weighted by Crippen LogP contribution is 2.23. The Bertz CT molecular complexity index is 488. The second-order valence-electron chi connectivity index (χ2n) is 5.89. The minimum absolute atomic E-state index is 0.121. The van der Waals surface area contributed by atoms with Crippen molar-refractivity contribution in [3.05, 3.63) is 17.8 Å². The van der Waals surface area contributed by atoms with Gasteiger partial charge in [-0.2, -0.15) is 0 Å². The first kappa shape index (κ1) is 16.2. The summed E-state index contributed by atoms with van der Waals surface area (Å²) in [6.45, 7) is 7.53. The highest BCUT2D eigenvalue weighted by atomic mass is 16.4. The van der Waals surface area contributed by atoms with Crippen molar-refractivity contribution < 1.29 is 19.1 Å². The maximum Gasteiger partial charge on any atom is 0.326 e. The number of aryl methyl sites for hydroxylation is 1.